The second-order valence-electron chi connectivity index (χ2n) is 3.36. The van der Waals surface area contributed by atoms with Gasteiger partial charge in [0.15, 0.2) is 0 Å². The van der Waals surface area contributed by atoms with Gasteiger partial charge in [-0.05, 0) is 12.8 Å². The van der Waals surface area contributed by atoms with Crippen molar-refractivity contribution in [3.05, 3.63) is 0 Å². The summed E-state index contributed by atoms with van der Waals surface area (Å²) in [4.78, 5) is 13.4. The molecule has 1 amide bonds. The fourth-order valence-corrected chi connectivity index (χ4v) is 1.32. The van der Waals surface area contributed by atoms with Crippen molar-refractivity contribution in [3.63, 3.8) is 0 Å². The van der Waals surface area contributed by atoms with Gasteiger partial charge in [-0.25, -0.2) is 0 Å². The zero-order valence-corrected chi connectivity index (χ0v) is 9.12. The molecule has 14 heavy (non-hydrogen) atoms. The summed E-state index contributed by atoms with van der Waals surface area (Å²) in [5, 5.41) is 0. The summed E-state index contributed by atoms with van der Waals surface area (Å²) in [6, 6.07) is -0.389. The summed E-state index contributed by atoms with van der Waals surface area (Å²) in [5.41, 5.74) is 5.73. The van der Waals surface area contributed by atoms with Crippen LogP contribution in [-0.2, 0) is 4.79 Å². The second-order valence-corrected chi connectivity index (χ2v) is 3.36. The minimum atomic E-state index is -0.389. The van der Waals surface area contributed by atoms with E-state index in [9.17, 15) is 4.79 Å². The van der Waals surface area contributed by atoms with Crippen molar-refractivity contribution in [2.75, 3.05) is 13.1 Å². The van der Waals surface area contributed by atoms with E-state index in [2.05, 4.69) is 5.92 Å². The highest BCUT2D eigenvalue weighted by molar-refractivity contribution is 5.81. The van der Waals surface area contributed by atoms with Crippen molar-refractivity contribution >= 4 is 5.91 Å². The molecule has 0 aromatic carbocycles. The van der Waals surface area contributed by atoms with Crippen molar-refractivity contribution < 1.29 is 4.79 Å². The van der Waals surface area contributed by atoms with E-state index in [1.54, 1.807) is 4.90 Å². The zero-order chi connectivity index (χ0) is 11.0. The first kappa shape index (κ1) is 13.0. The van der Waals surface area contributed by atoms with Gasteiger partial charge < -0.3 is 10.6 Å². The maximum absolute atomic E-state index is 11.7. The molecule has 0 aliphatic carbocycles. The number of hydrogen-bond donors (Lipinski definition) is 1. The molecule has 0 aromatic rings. The number of nitrogens with two attached hydrogens (primary N) is 1. The molecular weight excluding hydrogens is 176 g/mol. The molecule has 1 atom stereocenters. The van der Waals surface area contributed by atoms with Gasteiger partial charge in [0.1, 0.15) is 0 Å². The van der Waals surface area contributed by atoms with Crippen LogP contribution in [0.4, 0.5) is 0 Å². The van der Waals surface area contributed by atoms with Crippen LogP contribution in [0.2, 0.25) is 0 Å². The molecule has 0 saturated carbocycles. The lowest BCUT2D eigenvalue weighted by atomic mass is 10.1. The smallest absolute Gasteiger partial charge is 0.240 e. The number of rotatable bonds is 6. The maximum Gasteiger partial charge on any atom is 0.240 e. The molecule has 0 rings (SSSR count). The number of terminal acetylenes is 1. The van der Waals surface area contributed by atoms with Crippen molar-refractivity contribution in [1.29, 1.82) is 0 Å². The van der Waals surface area contributed by atoms with Gasteiger partial charge >= 0.3 is 0 Å². The van der Waals surface area contributed by atoms with Gasteiger partial charge in [-0.15, -0.1) is 6.42 Å². The largest absolute Gasteiger partial charge is 0.330 e. The van der Waals surface area contributed by atoms with Gasteiger partial charge in [-0.3, -0.25) is 4.79 Å². The van der Waals surface area contributed by atoms with Crippen LogP contribution in [0.15, 0.2) is 0 Å². The summed E-state index contributed by atoms with van der Waals surface area (Å²) >= 11 is 0. The molecule has 0 unspecified atom stereocenters. The highest BCUT2D eigenvalue weighted by Crippen LogP contribution is 2.00. The first-order chi connectivity index (χ1) is 6.67. The number of carbonyl (C=O) groups excluding carboxylic acids is 1. The predicted octanol–water partition coefficient (Wildman–Crippen LogP) is 0.986. The standard InChI is InChI=1S/C11H20N2O/c1-4-7-10(12)11(14)13(8-5-2)9-6-3/h2,10H,4,6-9,12H2,1,3H3/t10-/m1/s1. The van der Waals surface area contributed by atoms with E-state index >= 15 is 0 Å². The highest BCUT2D eigenvalue weighted by atomic mass is 16.2. The number of nitrogens with zero attached hydrogens (tertiary/aromatic N) is 1. The minimum absolute atomic E-state index is 0.0216. The summed E-state index contributed by atoms with van der Waals surface area (Å²) in [6.45, 7) is 5.09. The lowest BCUT2D eigenvalue weighted by molar-refractivity contribution is -0.132. The molecule has 0 aliphatic heterocycles. The van der Waals surface area contributed by atoms with Crippen molar-refractivity contribution in [2.45, 2.75) is 39.2 Å². The Morgan fingerprint density at radius 2 is 2.14 bits per heavy atom. The Kier molecular flexibility index (Phi) is 6.87. The number of amides is 1. The van der Waals surface area contributed by atoms with E-state index < -0.39 is 0 Å². The third-order valence-electron chi connectivity index (χ3n) is 2.00. The zero-order valence-electron chi connectivity index (χ0n) is 9.12. The maximum atomic E-state index is 11.7. The van der Waals surface area contributed by atoms with E-state index in [0.29, 0.717) is 13.1 Å². The normalized spacial score (nSPS) is 11.9. The summed E-state index contributed by atoms with van der Waals surface area (Å²) in [6.07, 6.45) is 7.74. The third kappa shape index (κ3) is 4.29. The van der Waals surface area contributed by atoms with E-state index in [1.807, 2.05) is 13.8 Å². The Morgan fingerprint density at radius 3 is 2.57 bits per heavy atom. The van der Waals surface area contributed by atoms with Crippen LogP contribution >= 0.6 is 0 Å². The predicted molar refractivity (Wildman–Crippen MR) is 58.6 cm³/mol. The van der Waals surface area contributed by atoms with E-state index in [-0.39, 0.29) is 11.9 Å². The Balaban J connectivity index is 4.20. The Labute approximate surface area is 86.6 Å². The summed E-state index contributed by atoms with van der Waals surface area (Å²) in [5.74, 6) is 2.46. The lowest BCUT2D eigenvalue weighted by Crippen LogP contribution is -2.44. The van der Waals surface area contributed by atoms with Crippen molar-refractivity contribution in [3.8, 4) is 12.3 Å². The molecule has 0 bridgehead atoms. The number of carbonyl (C=O) groups is 1. The van der Waals surface area contributed by atoms with Crippen LogP contribution in [-0.4, -0.2) is 29.9 Å². The molecule has 0 fully saturated rings. The Hall–Kier alpha value is -1.01. The average molecular weight is 196 g/mol. The average Bonchev–Trinajstić information content (AvgIpc) is 2.17. The van der Waals surface area contributed by atoms with E-state index in [4.69, 9.17) is 12.2 Å². The molecule has 80 valence electrons. The SMILES string of the molecule is C#CCN(CCC)C(=O)[C@H](N)CCC. The minimum Gasteiger partial charge on any atom is -0.330 e. The molecule has 3 nitrogen and oxygen atoms in total. The van der Waals surface area contributed by atoms with Crippen LogP contribution in [0.5, 0.6) is 0 Å². The van der Waals surface area contributed by atoms with Crippen LogP contribution in [0.25, 0.3) is 0 Å². The molecule has 0 heterocycles. The van der Waals surface area contributed by atoms with Gasteiger partial charge in [-0.2, -0.15) is 0 Å². The number of hydrogen-bond acceptors (Lipinski definition) is 2. The molecule has 0 spiro atoms. The molecule has 3 heteroatoms. The summed E-state index contributed by atoms with van der Waals surface area (Å²) in [7, 11) is 0. The fraction of sp³-hybridized carbons (Fsp3) is 0.727. The molecule has 2 N–H and O–H groups in total. The highest BCUT2D eigenvalue weighted by Gasteiger charge is 2.18. The molecule has 0 aromatic heterocycles. The van der Waals surface area contributed by atoms with E-state index in [0.717, 1.165) is 19.3 Å². The topological polar surface area (TPSA) is 46.3 Å². The second kappa shape index (κ2) is 7.40. The molecule has 0 radical (unpaired) electrons. The van der Waals surface area contributed by atoms with Crippen LogP contribution in [0.1, 0.15) is 33.1 Å². The Morgan fingerprint density at radius 1 is 1.50 bits per heavy atom. The van der Waals surface area contributed by atoms with Gasteiger partial charge in [0, 0.05) is 6.54 Å². The monoisotopic (exact) mass is 196 g/mol. The molecule has 0 aliphatic rings. The lowest BCUT2D eigenvalue weighted by Gasteiger charge is -2.22. The van der Waals surface area contributed by atoms with Crippen LogP contribution in [0, 0.1) is 12.3 Å². The van der Waals surface area contributed by atoms with Crippen LogP contribution in [0.3, 0.4) is 0 Å². The van der Waals surface area contributed by atoms with Crippen molar-refractivity contribution in [2.24, 2.45) is 5.73 Å². The first-order valence-corrected chi connectivity index (χ1v) is 5.15. The summed E-state index contributed by atoms with van der Waals surface area (Å²) < 4.78 is 0. The van der Waals surface area contributed by atoms with E-state index in [1.165, 1.54) is 0 Å². The van der Waals surface area contributed by atoms with Gasteiger partial charge in [0.05, 0.1) is 12.6 Å². The van der Waals surface area contributed by atoms with Crippen LogP contribution < -0.4 is 5.73 Å². The molecule has 0 saturated heterocycles. The third-order valence-corrected chi connectivity index (χ3v) is 2.00. The van der Waals surface area contributed by atoms with Crippen molar-refractivity contribution in [1.82, 2.24) is 4.90 Å². The first-order valence-electron chi connectivity index (χ1n) is 5.15. The fourth-order valence-electron chi connectivity index (χ4n) is 1.32. The quantitative estimate of drug-likeness (QED) is 0.644. The van der Waals surface area contributed by atoms with Gasteiger partial charge in [0.25, 0.3) is 0 Å². The van der Waals surface area contributed by atoms with Gasteiger partial charge in [-0.1, -0.05) is 26.2 Å². The van der Waals surface area contributed by atoms with Gasteiger partial charge in [0.2, 0.25) is 5.91 Å². The Bertz CT molecular complexity index is 208. The molecular formula is C11H20N2O.